The molecule has 8 nitrogen and oxygen atoms in total. The van der Waals surface area contributed by atoms with Crippen molar-refractivity contribution in [2.45, 2.75) is 6.42 Å². The maximum atomic E-state index is 12.4. The van der Waals surface area contributed by atoms with Crippen LogP contribution in [0.1, 0.15) is 21.5 Å². The molecule has 0 unspecified atom stereocenters. The summed E-state index contributed by atoms with van der Waals surface area (Å²) in [4.78, 5) is 37.7. The van der Waals surface area contributed by atoms with Crippen molar-refractivity contribution in [2.24, 2.45) is 0 Å². The van der Waals surface area contributed by atoms with Crippen molar-refractivity contribution in [2.75, 3.05) is 12.3 Å². The lowest BCUT2D eigenvalue weighted by molar-refractivity contribution is -0.135. The van der Waals surface area contributed by atoms with E-state index in [-0.39, 0.29) is 5.39 Å². The number of aliphatic carboxylic acids is 1. The molecule has 8 heteroatoms. The number of pyridine rings is 1. The van der Waals surface area contributed by atoms with Crippen LogP contribution in [0.2, 0.25) is 0 Å². The van der Waals surface area contributed by atoms with Crippen LogP contribution in [0.3, 0.4) is 0 Å². The van der Waals surface area contributed by atoms with Crippen molar-refractivity contribution < 1.29 is 19.8 Å². The molecule has 6 N–H and O–H groups in total. The number of amides is 1. The first kappa shape index (κ1) is 18.0. The molecule has 0 saturated carbocycles. The van der Waals surface area contributed by atoms with Gasteiger partial charge in [-0.2, -0.15) is 0 Å². The standard InChI is InChI=1S/C19H17N3O5/c20-12-7-11(6-10-4-2-1-3-5-10)16-13(8-12)17(25)15(19(27)22-16)18(26)21-9-14(23)24/h1-5,7-8H,6,9,20H2,(H,21,26)(H,23,24)(H2,22,25,27). The third kappa shape index (κ3) is 3.74. The van der Waals surface area contributed by atoms with Gasteiger partial charge in [0.1, 0.15) is 17.9 Å². The number of carboxylic acid groups (broad SMARTS) is 1. The Balaban J connectivity index is 2.12. The van der Waals surface area contributed by atoms with Gasteiger partial charge in [0.25, 0.3) is 11.5 Å². The summed E-state index contributed by atoms with van der Waals surface area (Å²) in [5.41, 5.74) is 6.94. The minimum absolute atomic E-state index is 0.209. The third-order valence-electron chi connectivity index (χ3n) is 4.06. The fraction of sp³-hybridized carbons (Fsp3) is 0.105. The zero-order valence-corrected chi connectivity index (χ0v) is 14.2. The predicted octanol–water partition coefficient (Wildman–Crippen LogP) is 1.22. The summed E-state index contributed by atoms with van der Waals surface area (Å²) in [5.74, 6) is -2.79. The number of nitrogen functional groups attached to an aromatic ring is 1. The number of benzene rings is 2. The van der Waals surface area contributed by atoms with Gasteiger partial charge in [0.2, 0.25) is 0 Å². The highest BCUT2D eigenvalue weighted by Crippen LogP contribution is 2.30. The highest BCUT2D eigenvalue weighted by molar-refractivity contribution is 6.04. The molecule has 0 atom stereocenters. The van der Waals surface area contributed by atoms with E-state index >= 15 is 0 Å². The average molecular weight is 367 g/mol. The molecule has 138 valence electrons. The summed E-state index contributed by atoms with van der Waals surface area (Å²) in [7, 11) is 0. The van der Waals surface area contributed by atoms with Crippen LogP contribution >= 0.6 is 0 Å². The molecule has 1 heterocycles. The maximum Gasteiger partial charge on any atom is 0.322 e. The van der Waals surface area contributed by atoms with Crippen LogP contribution in [-0.4, -0.2) is 33.6 Å². The lowest BCUT2D eigenvalue weighted by Crippen LogP contribution is -2.33. The molecule has 27 heavy (non-hydrogen) atoms. The van der Waals surface area contributed by atoms with Crippen molar-refractivity contribution in [1.82, 2.24) is 10.3 Å². The Hall–Kier alpha value is -3.81. The number of aromatic amines is 1. The number of fused-ring (bicyclic) bond motifs is 1. The fourth-order valence-electron chi connectivity index (χ4n) is 2.89. The van der Waals surface area contributed by atoms with Gasteiger partial charge in [-0.15, -0.1) is 0 Å². The van der Waals surface area contributed by atoms with Crippen LogP contribution in [0.15, 0.2) is 47.3 Å². The molecule has 3 rings (SSSR count). The lowest BCUT2D eigenvalue weighted by atomic mass is 9.99. The van der Waals surface area contributed by atoms with Crippen LogP contribution in [-0.2, 0) is 11.2 Å². The molecule has 0 radical (unpaired) electrons. The molecule has 0 aliphatic rings. The first-order chi connectivity index (χ1) is 12.9. The second-order valence-corrected chi connectivity index (χ2v) is 6.02. The van der Waals surface area contributed by atoms with Gasteiger partial charge >= 0.3 is 5.97 Å². The minimum Gasteiger partial charge on any atom is -0.506 e. The maximum absolute atomic E-state index is 12.4. The number of carbonyl (C=O) groups is 2. The number of anilines is 1. The number of aromatic hydroxyl groups is 1. The number of nitrogens with one attached hydrogen (secondary N) is 2. The first-order valence-corrected chi connectivity index (χ1v) is 8.08. The summed E-state index contributed by atoms with van der Waals surface area (Å²) in [6.07, 6.45) is 0.461. The second kappa shape index (κ2) is 7.20. The van der Waals surface area contributed by atoms with E-state index in [9.17, 15) is 19.5 Å². The Kier molecular flexibility index (Phi) is 4.80. The number of nitrogens with two attached hydrogens (primary N) is 1. The number of carbonyl (C=O) groups excluding carboxylic acids is 1. The van der Waals surface area contributed by atoms with Crippen LogP contribution in [0, 0.1) is 0 Å². The Morgan fingerprint density at radius 3 is 2.52 bits per heavy atom. The molecule has 2 aromatic carbocycles. The topological polar surface area (TPSA) is 146 Å². The molecule has 0 aliphatic heterocycles. The van der Waals surface area contributed by atoms with Gasteiger partial charge in [-0.25, -0.2) is 0 Å². The van der Waals surface area contributed by atoms with Gasteiger partial charge in [-0.05, 0) is 29.7 Å². The van der Waals surface area contributed by atoms with Crippen molar-refractivity contribution >= 4 is 28.5 Å². The zero-order valence-electron chi connectivity index (χ0n) is 14.2. The fourth-order valence-corrected chi connectivity index (χ4v) is 2.89. The number of aromatic nitrogens is 1. The zero-order chi connectivity index (χ0) is 19.6. The van der Waals surface area contributed by atoms with E-state index in [2.05, 4.69) is 10.3 Å². The van der Waals surface area contributed by atoms with Crippen LogP contribution in [0.5, 0.6) is 5.75 Å². The summed E-state index contributed by atoms with van der Waals surface area (Å²) in [5, 5.41) is 21.4. The summed E-state index contributed by atoms with van der Waals surface area (Å²) in [6, 6.07) is 12.6. The quantitative estimate of drug-likeness (QED) is 0.429. The molecule has 0 saturated heterocycles. The number of rotatable bonds is 5. The van der Waals surface area contributed by atoms with Crippen molar-refractivity contribution in [3.05, 3.63) is 69.5 Å². The van der Waals surface area contributed by atoms with Crippen LogP contribution in [0.4, 0.5) is 5.69 Å². The monoisotopic (exact) mass is 367 g/mol. The van der Waals surface area contributed by atoms with E-state index in [4.69, 9.17) is 10.8 Å². The Morgan fingerprint density at radius 1 is 1.15 bits per heavy atom. The van der Waals surface area contributed by atoms with Crippen molar-refractivity contribution in [1.29, 1.82) is 0 Å². The highest BCUT2D eigenvalue weighted by Gasteiger charge is 2.21. The van der Waals surface area contributed by atoms with Gasteiger partial charge in [-0.1, -0.05) is 30.3 Å². The van der Waals surface area contributed by atoms with Crippen LogP contribution in [0.25, 0.3) is 10.9 Å². The molecule has 1 aromatic heterocycles. The molecular formula is C19H17N3O5. The van der Waals surface area contributed by atoms with Crippen molar-refractivity contribution in [3.8, 4) is 5.75 Å². The van der Waals surface area contributed by atoms with Gasteiger partial charge in [0.05, 0.1) is 5.52 Å². The minimum atomic E-state index is -1.27. The molecule has 0 spiro atoms. The number of H-pyrrole nitrogens is 1. The molecule has 0 fully saturated rings. The Bertz CT molecular complexity index is 1090. The molecular weight excluding hydrogens is 350 g/mol. The first-order valence-electron chi connectivity index (χ1n) is 8.08. The SMILES string of the molecule is Nc1cc(Cc2ccccc2)c2[nH]c(=O)c(C(=O)NCC(=O)O)c(O)c2c1. The van der Waals surface area contributed by atoms with E-state index in [0.717, 1.165) is 5.56 Å². The Labute approximate surface area is 153 Å². The van der Waals surface area contributed by atoms with E-state index in [0.29, 0.717) is 23.2 Å². The van der Waals surface area contributed by atoms with E-state index in [1.807, 2.05) is 30.3 Å². The molecule has 3 aromatic rings. The van der Waals surface area contributed by atoms with Gasteiger partial charge < -0.3 is 26.2 Å². The van der Waals surface area contributed by atoms with E-state index in [1.54, 1.807) is 6.07 Å². The van der Waals surface area contributed by atoms with Gasteiger partial charge in [0.15, 0.2) is 0 Å². The van der Waals surface area contributed by atoms with E-state index < -0.39 is 35.3 Å². The van der Waals surface area contributed by atoms with Gasteiger partial charge in [-0.3, -0.25) is 14.4 Å². The largest absolute Gasteiger partial charge is 0.506 e. The third-order valence-corrected chi connectivity index (χ3v) is 4.06. The smallest absolute Gasteiger partial charge is 0.322 e. The number of carboxylic acids is 1. The normalized spacial score (nSPS) is 10.7. The summed E-state index contributed by atoms with van der Waals surface area (Å²) >= 11 is 0. The molecule has 0 bridgehead atoms. The van der Waals surface area contributed by atoms with E-state index in [1.165, 1.54) is 6.07 Å². The molecule has 0 aliphatic carbocycles. The summed E-state index contributed by atoms with van der Waals surface area (Å²) in [6.45, 7) is -0.675. The summed E-state index contributed by atoms with van der Waals surface area (Å²) < 4.78 is 0. The average Bonchev–Trinajstić information content (AvgIpc) is 2.62. The Morgan fingerprint density at radius 2 is 1.85 bits per heavy atom. The number of hydrogen-bond acceptors (Lipinski definition) is 5. The van der Waals surface area contributed by atoms with Gasteiger partial charge in [0, 0.05) is 11.1 Å². The lowest BCUT2D eigenvalue weighted by Gasteiger charge is -2.12. The predicted molar refractivity (Wildman–Crippen MR) is 99.9 cm³/mol. The van der Waals surface area contributed by atoms with Crippen molar-refractivity contribution in [3.63, 3.8) is 0 Å². The van der Waals surface area contributed by atoms with Crippen LogP contribution < -0.4 is 16.6 Å². The number of hydrogen-bond donors (Lipinski definition) is 5. The second-order valence-electron chi connectivity index (χ2n) is 6.02. The molecule has 1 amide bonds. The highest BCUT2D eigenvalue weighted by atomic mass is 16.4.